The smallest absolute Gasteiger partial charge is 0.410 e. The van der Waals surface area contributed by atoms with Gasteiger partial charge in [-0.15, -0.1) is 0 Å². The number of likely N-dealkylation sites (N-methyl/N-ethyl adjacent to an activating group) is 2. The number of aliphatic hydroxyl groups is 1. The molecule has 1 heterocycles. The van der Waals surface area contributed by atoms with Gasteiger partial charge >= 0.3 is 6.09 Å². The molecule has 0 aliphatic carbocycles. The number of rotatable bonds is 22. The standard InChI is InChI=1S/C45H71N5O8/c1-12-30(4)42(38(56-10)26-41(53)50-24-16-19-36(50)44(57-11)32(6)31(5)43(54)34-17-14-13-15-18-34)49(9)40(52)25-37(29(2)3)48(8)45(55)58-28-33-20-22-35(23-21-33)47-39(51)27-46-7/h13-15,17-18,20-23,29-32,36-38,42-44,46,54H,12,16,19,24-28H2,1-11H3,(H,47,51). The molecule has 1 aliphatic heterocycles. The molecule has 2 aromatic rings. The van der Waals surface area contributed by atoms with Gasteiger partial charge in [0.15, 0.2) is 0 Å². The molecule has 3 N–H and O–H groups in total. The van der Waals surface area contributed by atoms with Crippen LogP contribution in [0.4, 0.5) is 10.5 Å². The Morgan fingerprint density at radius 2 is 1.55 bits per heavy atom. The molecule has 13 heteroatoms. The molecule has 0 aromatic heterocycles. The zero-order valence-electron chi connectivity index (χ0n) is 36.8. The van der Waals surface area contributed by atoms with Gasteiger partial charge in [0.05, 0.1) is 43.4 Å². The number of anilines is 1. The highest BCUT2D eigenvalue weighted by atomic mass is 16.6. The van der Waals surface area contributed by atoms with Gasteiger partial charge in [-0.05, 0) is 66.8 Å². The fourth-order valence-corrected chi connectivity index (χ4v) is 8.32. The Labute approximate surface area is 347 Å². The lowest BCUT2D eigenvalue weighted by Crippen LogP contribution is -2.53. The third-order valence-electron chi connectivity index (χ3n) is 12.3. The SMILES string of the molecule is CCC(C)C(C(CC(=O)N1CCCC1C(OC)C(C)C(C)C(O)c1ccccc1)OC)N(C)C(=O)CC(C(C)C)N(C)C(=O)OCc1ccc(NC(=O)CNC)cc1. The Morgan fingerprint density at radius 1 is 0.897 bits per heavy atom. The Bertz CT molecular complexity index is 1580. The van der Waals surface area contributed by atoms with Gasteiger partial charge in [0.1, 0.15) is 6.61 Å². The van der Waals surface area contributed by atoms with E-state index in [0.717, 1.165) is 30.4 Å². The topological polar surface area (TPSA) is 150 Å². The van der Waals surface area contributed by atoms with Crippen LogP contribution >= 0.6 is 0 Å². The average Bonchev–Trinajstić information content (AvgIpc) is 3.71. The highest BCUT2D eigenvalue weighted by Gasteiger charge is 2.42. The molecule has 1 aliphatic rings. The average molecular weight is 810 g/mol. The minimum Gasteiger partial charge on any atom is -0.445 e. The molecule has 13 nitrogen and oxygen atoms in total. The van der Waals surface area contributed by atoms with Gasteiger partial charge in [-0.25, -0.2) is 4.79 Å². The number of nitrogens with zero attached hydrogens (tertiary/aromatic N) is 3. The van der Waals surface area contributed by atoms with Gasteiger partial charge in [0.25, 0.3) is 0 Å². The van der Waals surface area contributed by atoms with Crippen LogP contribution in [0.3, 0.4) is 0 Å². The summed E-state index contributed by atoms with van der Waals surface area (Å²) in [5.74, 6) is -0.586. The highest BCUT2D eigenvalue weighted by Crippen LogP contribution is 2.36. The molecule has 0 spiro atoms. The summed E-state index contributed by atoms with van der Waals surface area (Å²) in [6.45, 7) is 13.0. The van der Waals surface area contributed by atoms with E-state index in [1.54, 1.807) is 64.5 Å². The van der Waals surface area contributed by atoms with Crippen molar-refractivity contribution >= 4 is 29.5 Å². The van der Waals surface area contributed by atoms with Crippen LogP contribution in [0.5, 0.6) is 0 Å². The lowest BCUT2D eigenvalue weighted by atomic mass is 9.80. The summed E-state index contributed by atoms with van der Waals surface area (Å²) in [7, 11) is 8.38. The van der Waals surface area contributed by atoms with Crippen molar-refractivity contribution in [2.75, 3.05) is 53.8 Å². The minimum absolute atomic E-state index is 0.0105. The van der Waals surface area contributed by atoms with E-state index in [9.17, 15) is 24.3 Å². The second-order valence-electron chi connectivity index (χ2n) is 16.4. The van der Waals surface area contributed by atoms with E-state index < -0.39 is 30.4 Å². The predicted molar refractivity (Wildman–Crippen MR) is 227 cm³/mol. The number of ether oxygens (including phenoxy) is 3. The molecule has 4 amide bonds. The summed E-state index contributed by atoms with van der Waals surface area (Å²) in [4.78, 5) is 58.6. The van der Waals surface area contributed by atoms with Crippen molar-refractivity contribution in [3.63, 3.8) is 0 Å². The van der Waals surface area contributed by atoms with Crippen LogP contribution in [0, 0.1) is 23.7 Å². The van der Waals surface area contributed by atoms with Crippen molar-refractivity contribution in [1.29, 1.82) is 0 Å². The zero-order valence-corrected chi connectivity index (χ0v) is 36.8. The summed E-state index contributed by atoms with van der Waals surface area (Å²) in [5.41, 5.74) is 2.25. The third-order valence-corrected chi connectivity index (χ3v) is 12.3. The molecule has 9 atom stereocenters. The van der Waals surface area contributed by atoms with Crippen molar-refractivity contribution < 1.29 is 38.5 Å². The molecule has 1 fully saturated rings. The molecule has 2 aromatic carbocycles. The Kier molecular flexibility index (Phi) is 19.6. The first-order valence-corrected chi connectivity index (χ1v) is 20.9. The summed E-state index contributed by atoms with van der Waals surface area (Å²) < 4.78 is 17.8. The number of carbonyl (C=O) groups is 4. The monoisotopic (exact) mass is 810 g/mol. The van der Waals surface area contributed by atoms with E-state index in [0.29, 0.717) is 12.2 Å². The van der Waals surface area contributed by atoms with Crippen LogP contribution < -0.4 is 10.6 Å². The van der Waals surface area contributed by atoms with E-state index in [1.807, 2.05) is 56.0 Å². The van der Waals surface area contributed by atoms with E-state index in [2.05, 4.69) is 31.4 Å². The number of amides is 4. The summed E-state index contributed by atoms with van der Waals surface area (Å²) in [6, 6.07) is 15.7. The first-order chi connectivity index (χ1) is 27.6. The summed E-state index contributed by atoms with van der Waals surface area (Å²) in [6.07, 6.45) is 0.485. The molecule has 3 rings (SSSR count). The fourth-order valence-electron chi connectivity index (χ4n) is 8.32. The highest BCUT2D eigenvalue weighted by molar-refractivity contribution is 5.92. The second-order valence-corrected chi connectivity index (χ2v) is 16.4. The maximum atomic E-state index is 14.2. The van der Waals surface area contributed by atoms with Gasteiger partial charge in [0.2, 0.25) is 17.7 Å². The van der Waals surface area contributed by atoms with Crippen LogP contribution in [0.2, 0.25) is 0 Å². The number of benzene rings is 2. The number of aliphatic hydroxyl groups excluding tert-OH is 1. The number of nitrogens with one attached hydrogen (secondary N) is 2. The first kappa shape index (κ1) is 48.3. The van der Waals surface area contributed by atoms with Gasteiger partial charge in [-0.2, -0.15) is 0 Å². The second kappa shape index (κ2) is 23.5. The molecule has 0 bridgehead atoms. The van der Waals surface area contributed by atoms with Gasteiger partial charge in [-0.3, -0.25) is 14.4 Å². The van der Waals surface area contributed by atoms with Crippen LogP contribution in [0.1, 0.15) is 90.9 Å². The van der Waals surface area contributed by atoms with E-state index >= 15 is 0 Å². The molecular formula is C45H71N5O8. The number of methoxy groups -OCH3 is 2. The van der Waals surface area contributed by atoms with Gasteiger partial charge in [-0.1, -0.05) is 90.4 Å². The van der Waals surface area contributed by atoms with E-state index in [1.165, 1.54) is 4.90 Å². The number of hydrogen-bond acceptors (Lipinski definition) is 9. The fraction of sp³-hybridized carbons (Fsp3) is 0.644. The maximum absolute atomic E-state index is 14.2. The largest absolute Gasteiger partial charge is 0.445 e. The number of likely N-dealkylation sites (tertiary alicyclic amines) is 1. The normalized spacial score (nSPS) is 18.4. The Morgan fingerprint density at radius 3 is 2.12 bits per heavy atom. The molecule has 9 unspecified atom stereocenters. The van der Waals surface area contributed by atoms with Crippen molar-refractivity contribution in [1.82, 2.24) is 20.0 Å². The minimum atomic E-state index is -0.670. The quantitative estimate of drug-likeness (QED) is 0.128. The van der Waals surface area contributed by atoms with Crippen LogP contribution in [-0.2, 0) is 35.2 Å². The van der Waals surface area contributed by atoms with E-state index in [4.69, 9.17) is 14.2 Å². The van der Waals surface area contributed by atoms with Crippen molar-refractivity contribution in [3.8, 4) is 0 Å². The number of hydrogen-bond donors (Lipinski definition) is 3. The third kappa shape index (κ3) is 13.0. The lowest BCUT2D eigenvalue weighted by Gasteiger charge is -2.41. The van der Waals surface area contributed by atoms with Crippen molar-refractivity contribution in [2.24, 2.45) is 23.7 Å². The Balaban J connectivity index is 1.69. The first-order valence-electron chi connectivity index (χ1n) is 20.9. The predicted octanol–water partition coefficient (Wildman–Crippen LogP) is 6.12. The maximum Gasteiger partial charge on any atom is 0.410 e. The molecule has 58 heavy (non-hydrogen) atoms. The van der Waals surface area contributed by atoms with E-state index in [-0.39, 0.29) is 79.5 Å². The molecule has 0 saturated carbocycles. The molecule has 324 valence electrons. The zero-order chi connectivity index (χ0) is 43.1. The van der Waals surface area contributed by atoms with Crippen molar-refractivity contribution in [3.05, 3.63) is 65.7 Å². The van der Waals surface area contributed by atoms with Gasteiger partial charge < -0.3 is 44.7 Å². The number of carbonyl (C=O) groups excluding carboxylic acids is 4. The molecular weight excluding hydrogens is 739 g/mol. The van der Waals surface area contributed by atoms with Crippen LogP contribution in [0.15, 0.2) is 54.6 Å². The van der Waals surface area contributed by atoms with Gasteiger partial charge in [0, 0.05) is 53.0 Å². The molecule has 1 saturated heterocycles. The molecule has 0 radical (unpaired) electrons. The van der Waals surface area contributed by atoms with Crippen LogP contribution in [0.25, 0.3) is 0 Å². The lowest BCUT2D eigenvalue weighted by molar-refractivity contribution is -0.145. The Hall–Kier alpha value is -4.04. The van der Waals surface area contributed by atoms with Crippen LogP contribution in [-0.4, -0.2) is 122 Å². The van der Waals surface area contributed by atoms with Crippen molar-refractivity contribution in [2.45, 2.75) is 117 Å². The summed E-state index contributed by atoms with van der Waals surface area (Å²) in [5, 5.41) is 16.8. The summed E-state index contributed by atoms with van der Waals surface area (Å²) >= 11 is 0.